The SMILES string of the molecule is CN(C)c1cccc(Cc2cccnc2)c1. The van der Waals surface area contributed by atoms with Crippen LogP contribution in [0.5, 0.6) is 0 Å². The highest BCUT2D eigenvalue weighted by molar-refractivity contribution is 5.47. The Hall–Kier alpha value is -1.83. The molecule has 0 fully saturated rings. The summed E-state index contributed by atoms with van der Waals surface area (Å²) in [5, 5.41) is 0. The third-order valence-corrected chi connectivity index (χ3v) is 2.56. The van der Waals surface area contributed by atoms with Gasteiger partial charge in [0.15, 0.2) is 0 Å². The van der Waals surface area contributed by atoms with E-state index < -0.39 is 0 Å². The molecule has 0 saturated carbocycles. The van der Waals surface area contributed by atoms with Crippen molar-refractivity contribution in [2.45, 2.75) is 6.42 Å². The maximum Gasteiger partial charge on any atom is 0.0363 e. The lowest BCUT2D eigenvalue weighted by atomic mass is 10.1. The lowest BCUT2D eigenvalue weighted by molar-refractivity contribution is 1.10. The van der Waals surface area contributed by atoms with Crippen molar-refractivity contribution in [1.29, 1.82) is 0 Å². The number of aromatic nitrogens is 1. The molecular formula is C14H16N2. The smallest absolute Gasteiger partial charge is 0.0363 e. The van der Waals surface area contributed by atoms with Crippen LogP contribution in [0.15, 0.2) is 48.8 Å². The zero-order valence-electron chi connectivity index (χ0n) is 9.72. The molecule has 0 unspecified atom stereocenters. The van der Waals surface area contributed by atoms with Crippen molar-refractivity contribution in [2.24, 2.45) is 0 Å². The zero-order valence-corrected chi connectivity index (χ0v) is 9.72. The number of pyridine rings is 1. The van der Waals surface area contributed by atoms with Crippen molar-refractivity contribution >= 4 is 5.69 Å². The number of hydrogen-bond donors (Lipinski definition) is 0. The summed E-state index contributed by atoms with van der Waals surface area (Å²) in [6, 6.07) is 12.7. The summed E-state index contributed by atoms with van der Waals surface area (Å²) < 4.78 is 0. The normalized spacial score (nSPS) is 10.1. The molecule has 0 atom stereocenters. The van der Waals surface area contributed by atoms with Gasteiger partial charge in [-0.05, 0) is 35.7 Å². The fourth-order valence-corrected chi connectivity index (χ4v) is 1.68. The van der Waals surface area contributed by atoms with Crippen molar-refractivity contribution in [1.82, 2.24) is 4.98 Å². The van der Waals surface area contributed by atoms with Crippen LogP contribution in [0.3, 0.4) is 0 Å². The van der Waals surface area contributed by atoms with Gasteiger partial charge < -0.3 is 4.90 Å². The molecule has 82 valence electrons. The van der Waals surface area contributed by atoms with Gasteiger partial charge in [0.25, 0.3) is 0 Å². The highest BCUT2D eigenvalue weighted by Crippen LogP contribution is 2.16. The van der Waals surface area contributed by atoms with E-state index in [9.17, 15) is 0 Å². The molecule has 0 aliphatic rings. The zero-order chi connectivity index (χ0) is 11.4. The van der Waals surface area contributed by atoms with Crippen LogP contribution in [0.1, 0.15) is 11.1 Å². The number of benzene rings is 1. The van der Waals surface area contributed by atoms with Gasteiger partial charge in [-0.25, -0.2) is 0 Å². The van der Waals surface area contributed by atoms with E-state index >= 15 is 0 Å². The Morgan fingerprint density at radius 3 is 2.56 bits per heavy atom. The number of hydrogen-bond acceptors (Lipinski definition) is 2. The van der Waals surface area contributed by atoms with E-state index in [1.165, 1.54) is 16.8 Å². The first-order valence-electron chi connectivity index (χ1n) is 5.41. The van der Waals surface area contributed by atoms with Gasteiger partial charge >= 0.3 is 0 Å². The first-order valence-corrected chi connectivity index (χ1v) is 5.41. The lowest BCUT2D eigenvalue weighted by Crippen LogP contribution is -2.08. The van der Waals surface area contributed by atoms with Crippen LogP contribution in [0.25, 0.3) is 0 Å². The van der Waals surface area contributed by atoms with Crippen molar-refractivity contribution in [3.05, 3.63) is 59.9 Å². The average Bonchev–Trinajstić information content (AvgIpc) is 2.30. The Kier molecular flexibility index (Phi) is 3.20. The molecule has 1 heterocycles. The minimum Gasteiger partial charge on any atom is -0.378 e. The minimum absolute atomic E-state index is 0.940. The number of rotatable bonds is 3. The third-order valence-electron chi connectivity index (χ3n) is 2.56. The summed E-state index contributed by atoms with van der Waals surface area (Å²) in [5.41, 5.74) is 3.80. The molecule has 16 heavy (non-hydrogen) atoms. The van der Waals surface area contributed by atoms with Crippen LogP contribution in [0.4, 0.5) is 5.69 Å². The first-order chi connectivity index (χ1) is 7.75. The molecule has 2 rings (SSSR count). The van der Waals surface area contributed by atoms with E-state index in [-0.39, 0.29) is 0 Å². The second-order valence-corrected chi connectivity index (χ2v) is 4.10. The number of anilines is 1. The van der Waals surface area contributed by atoms with Crippen LogP contribution < -0.4 is 4.90 Å². The molecule has 0 radical (unpaired) electrons. The predicted octanol–water partition coefficient (Wildman–Crippen LogP) is 2.74. The second kappa shape index (κ2) is 4.79. The molecule has 2 nitrogen and oxygen atoms in total. The molecular weight excluding hydrogens is 196 g/mol. The summed E-state index contributed by atoms with van der Waals surface area (Å²) >= 11 is 0. The van der Waals surface area contributed by atoms with Crippen molar-refractivity contribution in [2.75, 3.05) is 19.0 Å². The monoisotopic (exact) mass is 212 g/mol. The van der Waals surface area contributed by atoms with Crippen LogP contribution >= 0.6 is 0 Å². The molecule has 0 amide bonds. The van der Waals surface area contributed by atoms with Gasteiger partial charge in [-0.1, -0.05) is 18.2 Å². The van der Waals surface area contributed by atoms with Gasteiger partial charge in [0, 0.05) is 32.2 Å². The van der Waals surface area contributed by atoms with E-state index in [4.69, 9.17) is 0 Å². The van der Waals surface area contributed by atoms with Crippen LogP contribution in [0.2, 0.25) is 0 Å². The second-order valence-electron chi connectivity index (χ2n) is 4.10. The van der Waals surface area contributed by atoms with Gasteiger partial charge in [0.05, 0.1) is 0 Å². The molecule has 2 heteroatoms. The third kappa shape index (κ3) is 2.60. The molecule has 0 N–H and O–H groups in total. The average molecular weight is 212 g/mol. The minimum atomic E-state index is 0.940. The van der Waals surface area contributed by atoms with Crippen LogP contribution in [-0.2, 0) is 6.42 Å². The molecule has 0 aliphatic carbocycles. The Bertz CT molecular complexity index is 449. The topological polar surface area (TPSA) is 16.1 Å². The summed E-state index contributed by atoms with van der Waals surface area (Å²) in [6.45, 7) is 0. The van der Waals surface area contributed by atoms with E-state index in [2.05, 4.69) is 54.3 Å². The fourth-order valence-electron chi connectivity index (χ4n) is 1.68. The predicted molar refractivity (Wildman–Crippen MR) is 67.8 cm³/mol. The van der Waals surface area contributed by atoms with Crippen molar-refractivity contribution in [3.8, 4) is 0 Å². The number of nitrogens with zero attached hydrogens (tertiary/aromatic N) is 2. The molecule has 2 aromatic rings. The Morgan fingerprint density at radius 1 is 1.06 bits per heavy atom. The molecule has 0 spiro atoms. The summed E-state index contributed by atoms with van der Waals surface area (Å²) in [6.07, 6.45) is 4.66. The largest absolute Gasteiger partial charge is 0.378 e. The highest BCUT2D eigenvalue weighted by Gasteiger charge is 1.99. The van der Waals surface area contributed by atoms with Crippen LogP contribution in [-0.4, -0.2) is 19.1 Å². The van der Waals surface area contributed by atoms with Crippen LogP contribution in [0, 0.1) is 0 Å². The Morgan fingerprint density at radius 2 is 1.88 bits per heavy atom. The maximum atomic E-state index is 4.13. The molecule has 0 aliphatic heterocycles. The van der Waals surface area contributed by atoms with Gasteiger partial charge in [0.2, 0.25) is 0 Å². The van der Waals surface area contributed by atoms with Crippen molar-refractivity contribution < 1.29 is 0 Å². The summed E-state index contributed by atoms with van der Waals surface area (Å²) in [4.78, 5) is 6.25. The molecule has 1 aromatic heterocycles. The maximum absolute atomic E-state index is 4.13. The van der Waals surface area contributed by atoms with Gasteiger partial charge in [-0.3, -0.25) is 4.98 Å². The van der Waals surface area contributed by atoms with E-state index in [0.717, 1.165) is 6.42 Å². The van der Waals surface area contributed by atoms with Gasteiger partial charge in [0.1, 0.15) is 0 Å². The lowest BCUT2D eigenvalue weighted by Gasteiger charge is -2.13. The fraction of sp³-hybridized carbons (Fsp3) is 0.214. The van der Waals surface area contributed by atoms with E-state index in [0.29, 0.717) is 0 Å². The quantitative estimate of drug-likeness (QED) is 0.777. The highest BCUT2D eigenvalue weighted by atomic mass is 15.1. The van der Waals surface area contributed by atoms with Gasteiger partial charge in [-0.15, -0.1) is 0 Å². The molecule has 1 aromatic carbocycles. The summed E-state index contributed by atoms with van der Waals surface area (Å²) in [7, 11) is 4.12. The summed E-state index contributed by atoms with van der Waals surface area (Å²) in [5.74, 6) is 0. The van der Waals surface area contributed by atoms with Gasteiger partial charge in [-0.2, -0.15) is 0 Å². The van der Waals surface area contributed by atoms with E-state index in [1.54, 1.807) is 6.20 Å². The Balaban J connectivity index is 2.19. The van der Waals surface area contributed by atoms with Crippen molar-refractivity contribution in [3.63, 3.8) is 0 Å². The molecule has 0 bridgehead atoms. The standard InChI is InChI=1S/C14H16N2/c1-16(2)14-7-3-5-12(10-14)9-13-6-4-8-15-11-13/h3-8,10-11H,9H2,1-2H3. The van der Waals surface area contributed by atoms with E-state index in [1.807, 2.05) is 12.3 Å². The molecule has 0 saturated heterocycles. The Labute approximate surface area is 96.6 Å². The first kappa shape index (κ1) is 10.7.